The number of benzene rings is 4. The van der Waals surface area contributed by atoms with Gasteiger partial charge in [-0.25, -0.2) is 8.42 Å². The van der Waals surface area contributed by atoms with E-state index in [-0.39, 0.29) is 72.1 Å². The monoisotopic (exact) mass is 1340 g/mol. The number of ether oxygens (including phenoxy) is 8. The van der Waals surface area contributed by atoms with Gasteiger partial charge in [0.15, 0.2) is 25.2 Å². The number of aliphatic hydroxyl groups is 4. The van der Waals surface area contributed by atoms with Crippen molar-refractivity contribution in [2.75, 3.05) is 33.0 Å². The molecule has 4 aromatic rings. The molecule has 8 rings (SSSR count). The number of aliphatic carboxylic acids is 1. The van der Waals surface area contributed by atoms with Crippen LogP contribution in [-0.4, -0.2) is 121 Å². The molecular formula is C72H108Na2O18S. The fraction of sp³-hybridized carbons (Fsp3) is 0.653. The van der Waals surface area contributed by atoms with Gasteiger partial charge >= 0.3 is 59.1 Å². The second kappa shape index (κ2) is 45.4. The van der Waals surface area contributed by atoms with Gasteiger partial charge < -0.3 is 72.8 Å². The molecule has 0 spiro atoms. The zero-order valence-corrected chi connectivity index (χ0v) is 62.8. The van der Waals surface area contributed by atoms with Crippen molar-refractivity contribution in [3.8, 4) is 0 Å². The van der Waals surface area contributed by atoms with Crippen LogP contribution >= 0.6 is 0 Å². The minimum absolute atomic E-state index is 0. The number of carboxylic acid groups (broad SMARTS) is 1. The Morgan fingerprint density at radius 1 is 0.462 bits per heavy atom. The summed E-state index contributed by atoms with van der Waals surface area (Å²) in [5.74, 6) is -0.909. The molecule has 0 saturated carbocycles. The predicted molar refractivity (Wildman–Crippen MR) is 346 cm³/mol. The summed E-state index contributed by atoms with van der Waals surface area (Å²) in [6.45, 7) is 20.6. The van der Waals surface area contributed by atoms with E-state index in [9.17, 15) is 43.3 Å². The van der Waals surface area contributed by atoms with E-state index in [0.29, 0.717) is 19.6 Å². The van der Waals surface area contributed by atoms with Crippen LogP contribution in [0.3, 0.4) is 0 Å². The normalized spacial score (nSPS) is 23.1. The van der Waals surface area contributed by atoms with E-state index in [2.05, 4.69) is 31.9 Å². The zero-order chi connectivity index (χ0) is 66.5. The second-order valence-electron chi connectivity index (χ2n) is 25.0. The molecule has 4 aliphatic heterocycles. The standard InChI is InChI=1S/2C24H30O6.C12H26O4S.C12H24O2.2Na/c2*1-13-5-7-17(9-15(13)3)23-27-12-20-22(30-23)21(19(26)11-25)29-24(28-20)18-8-6-14(2)16(4)10-18;1-2-3-4-5-6-7-8-9-10-11-12-16-17(13,14)15;1-2-3-4-5-6-7-8-9-10-11-12(13)14;;/h2*5-10,19-26H,11-12H2,1-4H3;2-12H2,1H3,(H,13,14,15);2-11H2,1H3,(H,13,14);;/q;;;;2*+1/p-2/t2*19-,20+,21-,22-,23?,24?;;;;/m11..../s1. The topological polar surface area (TPSA) is 261 Å². The maximum Gasteiger partial charge on any atom is 1.00 e. The average Bonchev–Trinajstić information content (AvgIpc) is 0.791. The van der Waals surface area contributed by atoms with Crippen LogP contribution in [0.1, 0.15) is 234 Å². The Balaban J connectivity index is 0.000000338. The maximum atomic E-state index is 10.5. The number of rotatable bonds is 30. The molecule has 4 aliphatic rings. The Bertz CT molecular complexity index is 2710. The summed E-state index contributed by atoms with van der Waals surface area (Å²) in [5, 5.41) is 50.3. The van der Waals surface area contributed by atoms with Gasteiger partial charge in [0.05, 0.1) is 33.0 Å². The molecule has 0 aliphatic carbocycles. The van der Waals surface area contributed by atoms with Gasteiger partial charge in [0.1, 0.15) is 48.8 Å². The van der Waals surface area contributed by atoms with Crippen LogP contribution in [0.15, 0.2) is 72.8 Å². The molecule has 4 saturated heterocycles. The number of carbonyl (C=O) groups is 1. The zero-order valence-electron chi connectivity index (χ0n) is 57.9. The van der Waals surface area contributed by atoms with Crippen LogP contribution in [0.25, 0.3) is 0 Å². The molecule has 4 aromatic carbocycles. The number of aliphatic hydroxyl groups excluding tert-OH is 4. The van der Waals surface area contributed by atoms with E-state index in [1.807, 2.05) is 114 Å². The number of fused-ring (bicyclic) bond motifs is 2. The summed E-state index contributed by atoms with van der Waals surface area (Å²) in [7, 11) is -4.48. The van der Waals surface area contributed by atoms with Gasteiger partial charge in [-0.2, -0.15) is 0 Å². The first-order valence-corrected chi connectivity index (χ1v) is 34.7. The smallest absolute Gasteiger partial charge is 0.726 e. The van der Waals surface area contributed by atoms with Crippen molar-refractivity contribution in [2.24, 2.45) is 0 Å². The van der Waals surface area contributed by atoms with Crippen molar-refractivity contribution in [1.29, 1.82) is 0 Å². The van der Waals surface area contributed by atoms with Crippen molar-refractivity contribution in [3.63, 3.8) is 0 Å². The molecular weight excluding hydrogens is 1230 g/mol. The third-order valence-electron chi connectivity index (χ3n) is 17.5. The molecule has 0 amide bonds. The quantitative estimate of drug-likeness (QED) is 0.0191. The summed E-state index contributed by atoms with van der Waals surface area (Å²) in [5.41, 5.74) is 12.9. The molecule has 21 heteroatoms. The van der Waals surface area contributed by atoms with E-state index in [0.717, 1.165) is 70.2 Å². The largest absolute Gasteiger partial charge is 1.00 e. The van der Waals surface area contributed by atoms with Crippen LogP contribution < -0.4 is 64.2 Å². The van der Waals surface area contributed by atoms with Crippen molar-refractivity contribution in [2.45, 2.75) is 272 Å². The minimum atomic E-state index is -4.48. The van der Waals surface area contributed by atoms with Gasteiger partial charge in [0.2, 0.25) is 10.4 Å². The molecule has 12 atom stereocenters. The molecule has 0 radical (unpaired) electrons. The molecule has 0 bridgehead atoms. The van der Waals surface area contributed by atoms with Gasteiger partial charge in [0, 0.05) is 28.2 Å². The number of carboxylic acids is 1. The Labute approximate surface area is 600 Å². The van der Waals surface area contributed by atoms with Gasteiger partial charge in [-0.15, -0.1) is 0 Å². The fourth-order valence-electron chi connectivity index (χ4n) is 11.2. The van der Waals surface area contributed by atoms with Crippen molar-refractivity contribution in [3.05, 3.63) is 140 Å². The molecule has 4 heterocycles. The number of unbranched alkanes of at least 4 members (excludes halogenated alkanes) is 17. The number of carbonyl (C=O) groups excluding carboxylic acids is 1. The first-order valence-electron chi connectivity index (χ1n) is 33.4. The minimum Gasteiger partial charge on any atom is -0.726 e. The Kier molecular flexibility index (Phi) is 41.5. The van der Waals surface area contributed by atoms with Crippen molar-refractivity contribution in [1.82, 2.24) is 0 Å². The summed E-state index contributed by atoms with van der Waals surface area (Å²) in [6.07, 6.45) is 14.8. The van der Waals surface area contributed by atoms with E-state index in [1.54, 1.807) is 0 Å². The van der Waals surface area contributed by atoms with Gasteiger partial charge in [-0.3, -0.25) is 4.18 Å². The summed E-state index contributed by atoms with van der Waals surface area (Å²) in [6, 6.07) is 24.1. The van der Waals surface area contributed by atoms with E-state index in [1.165, 1.54) is 112 Å². The number of hydrogen-bond acceptors (Lipinski definition) is 18. The molecule has 512 valence electrons. The van der Waals surface area contributed by atoms with Crippen LogP contribution in [0.2, 0.25) is 0 Å². The molecule has 4 fully saturated rings. The summed E-state index contributed by atoms with van der Waals surface area (Å²) < 4.78 is 83.3. The number of hydrogen-bond donors (Lipinski definition) is 4. The van der Waals surface area contributed by atoms with Gasteiger partial charge in [0.25, 0.3) is 0 Å². The van der Waals surface area contributed by atoms with E-state index < -0.39 is 104 Å². The number of aryl methyl sites for hydroxylation is 8. The third kappa shape index (κ3) is 29.6. The van der Waals surface area contributed by atoms with E-state index in [4.69, 9.17) is 37.9 Å². The average molecular weight is 1340 g/mol. The molecule has 4 N–H and O–H groups in total. The van der Waals surface area contributed by atoms with Gasteiger partial charge in [-0.05, 0) is 119 Å². The van der Waals surface area contributed by atoms with E-state index >= 15 is 0 Å². The van der Waals surface area contributed by atoms with Crippen LogP contribution in [0.5, 0.6) is 0 Å². The first-order chi connectivity index (χ1) is 43.6. The second-order valence-corrected chi connectivity index (χ2v) is 26.0. The molecule has 93 heavy (non-hydrogen) atoms. The van der Waals surface area contributed by atoms with Crippen LogP contribution in [0, 0.1) is 55.4 Å². The van der Waals surface area contributed by atoms with Crippen LogP contribution in [0.4, 0.5) is 0 Å². The first kappa shape index (κ1) is 85.0. The molecule has 4 unspecified atom stereocenters. The Morgan fingerprint density at radius 3 is 1.05 bits per heavy atom. The Hall–Kier alpha value is -2.26. The third-order valence-corrected chi connectivity index (χ3v) is 17.9. The maximum absolute atomic E-state index is 10.5. The van der Waals surface area contributed by atoms with Crippen LogP contribution in [-0.2, 0) is 57.3 Å². The van der Waals surface area contributed by atoms with Crippen molar-refractivity contribution >= 4 is 16.4 Å². The summed E-state index contributed by atoms with van der Waals surface area (Å²) in [4.78, 5) is 10.1. The van der Waals surface area contributed by atoms with Gasteiger partial charge in [-0.1, -0.05) is 196 Å². The SMILES string of the molecule is CCCCCCCCCCCC(=O)[O-].CCCCCCCCCCCCOS(=O)(=O)[O-].Cc1ccc(C2OC[C@@H]3OC(c4ccc(C)c(C)c4)O[C@H]([C@H](O)CO)[C@@H]3O2)cc1C.Cc1ccc(C2OC[C@@H]3OC(c4ccc(C)c(C)c4)O[C@H]([C@H](O)CO)[C@@H]3O2)cc1C.[Na+].[Na+]. The Morgan fingerprint density at radius 2 is 0.763 bits per heavy atom. The molecule has 18 nitrogen and oxygen atoms in total. The molecule has 0 aromatic heterocycles. The predicted octanol–water partition coefficient (Wildman–Crippen LogP) is 6.39. The van der Waals surface area contributed by atoms with Crippen molar-refractivity contribution < 1.29 is 144 Å². The fourth-order valence-corrected chi connectivity index (χ4v) is 11.5. The summed E-state index contributed by atoms with van der Waals surface area (Å²) >= 11 is 0.